The van der Waals surface area contributed by atoms with Gasteiger partial charge in [-0.1, -0.05) is 24.3 Å². The number of benzene rings is 2. The van der Waals surface area contributed by atoms with E-state index in [-0.39, 0.29) is 18.2 Å². The van der Waals surface area contributed by atoms with Gasteiger partial charge < -0.3 is 9.47 Å². The summed E-state index contributed by atoms with van der Waals surface area (Å²) in [6.45, 7) is 0.246. The molecule has 0 bridgehead atoms. The van der Waals surface area contributed by atoms with Gasteiger partial charge in [-0.2, -0.15) is 13.2 Å². The summed E-state index contributed by atoms with van der Waals surface area (Å²) in [4.78, 5) is 18.7. The first-order valence-electron chi connectivity index (χ1n) is 8.26. The van der Waals surface area contributed by atoms with Crippen LogP contribution in [0, 0.1) is 0 Å². The molecule has 0 fully saturated rings. The number of hydrogen-bond donors (Lipinski definition) is 0. The Morgan fingerprint density at radius 2 is 1.78 bits per heavy atom. The van der Waals surface area contributed by atoms with E-state index >= 15 is 0 Å². The van der Waals surface area contributed by atoms with Crippen LogP contribution in [0.15, 0.2) is 60.8 Å². The van der Waals surface area contributed by atoms with E-state index in [4.69, 9.17) is 0 Å². The van der Waals surface area contributed by atoms with Crippen molar-refractivity contribution in [1.29, 1.82) is 0 Å². The van der Waals surface area contributed by atoms with Gasteiger partial charge in [0, 0.05) is 32.9 Å². The van der Waals surface area contributed by atoms with Crippen LogP contribution in [0.5, 0.6) is 0 Å². The number of para-hydroxylation sites is 2. The predicted octanol–water partition coefficient (Wildman–Crippen LogP) is 4.36. The minimum atomic E-state index is -4.38. The van der Waals surface area contributed by atoms with Gasteiger partial charge in [-0.3, -0.25) is 4.79 Å². The lowest BCUT2D eigenvalue weighted by molar-refractivity contribution is -0.137. The zero-order valence-corrected chi connectivity index (χ0v) is 14.9. The third kappa shape index (κ3) is 4.19. The number of carbonyl (C=O) groups excluding carboxylic acids is 1. The van der Waals surface area contributed by atoms with Crippen LogP contribution in [0.25, 0.3) is 11.0 Å². The van der Waals surface area contributed by atoms with Crippen molar-refractivity contribution < 1.29 is 18.0 Å². The van der Waals surface area contributed by atoms with Gasteiger partial charge in [-0.25, -0.2) is 4.98 Å². The highest BCUT2D eigenvalue weighted by Gasteiger charge is 2.30. The number of carbonyl (C=O) groups is 1. The molecule has 0 saturated heterocycles. The molecule has 0 amide bonds. The first-order chi connectivity index (χ1) is 12.8. The van der Waals surface area contributed by atoms with Crippen LogP contribution < -0.4 is 0 Å². The Hall–Kier alpha value is -3.09. The molecule has 0 aliphatic carbocycles. The monoisotopic (exact) mass is 373 g/mol. The predicted molar refractivity (Wildman–Crippen MR) is 97.4 cm³/mol. The molecule has 2 aromatic carbocycles. The summed E-state index contributed by atoms with van der Waals surface area (Å²) >= 11 is 0. The summed E-state index contributed by atoms with van der Waals surface area (Å²) < 4.78 is 40.0. The molecule has 7 heteroatoms. The molecule has 3 rings (SSSR count). The van der Waals surface area contributed by atoms with Crippen molar-refractivity contribution in [3.05, 3.63) is 77.8 Å². The molecule has 0 aliphatic rings. The first kappa shape index (κ1) is 18.7. The van der Waals surface area contributed by atoms with Crippen LogP contribution in [-0.2, 0) is 12.7 Å². The van der Waals surface area contributed by atoms with E-state index in [0.29, 0.717) is 11.1 Å². The van der Waals surface area contributed by atoms with Crippen LogP contribution in [0.1, 0.15) is 21.7 Å². The molecule has 4 nitrogen and oxygen atoms in total. The van der Waals surface area contributed by atoms with Crippen LogP contribution in [0.2, 0.25) is 0 Å². The zero-order valence-electron chi connectivity index (χ0n) is 14.9. The molecule has 0 aliphatic heterocycles. The summed E-state index contributed by atoms with van der Waals surface area (Å²) in [5, 5.41) is 0. The molecule has 27 heavy (non-hydrogen) atoms. The average Bonchev–Trinajstić information content (AvgIpc) is 2.98. The second kappa shape index (κ2) is 7.26. The number of ketones is 1. The molecule has 0 unspecified atom stereocenters. The lowest BCUT2D eigenvalue weighted by Gasteiger charge is -2.10. The van der Waals surface area contributed by atoms with Crippen molar-refractivity contribution in [2.24, 2.45) is 0 Å². The van der Waals surface area contributed by atoms with Gasteiger partial charge in [0.15, 0.2) is 5.82 Å². The van der Waals surface area contributed by atoms with E-state index in [0.717, 1.165) is 17.6 Å². The van der Waals surface area contributed by atoms with E-state index in [2.05, 4.69) is 4.98 Å². The number of rotatable bonds is 5. The molecule has 0 radical (unpaired) electrons. The lowest BCUT2D eigenvalue weighted by atomic mass is 10.1. The maximum Gasteiger partial charge on any atom is 0.416 e. The molecular formula is C20H18F3N3O. The Morgan fingerprint density at radius 1 is 1.11 bits per heavy atom. The number of imidazole rings is 1. The highest BCUT2D eigenvalue weighted by atomic mass is 19.4. The summed E-state index contributed by atoms with van der Waals surface area (Å²) in [7, 11) is 3.60. The minimum absolute atomic E-state index is 0.245. The third-order valence-electron chi connectivity index (χ3n) is 4.02. The second-order valence-corrected chi connectivity index (χ2v) is 6.35. The molecule has 0 saturated carbocycles. The van der Waals surface area contributed by atoms with Gasteiger partial charge in [-0.05, 0) is 29.8 Å². The number of hydrogen-bond acceptors (Lipinski definition) is 3. The van der Waals surface area contributed by atoms with E-state index in [1.165, 1.54) is 18.2 Å². The van der Waals surface area contributed by atoms with Crippen LogP contribution in [0.3, 0.4) is 0 Å². The van der Waals surface area contributed by atoms with Crippen molar-refractivity contribution in [2.75, 3.05) is 14.1 Å². The summed E-state index contributed by atoms with van der Waals surface area (Å²) in [5.74, 6) is -0.0268. The van der Waals surface area contributed by atoms with Gasteiger partial charge in [0.05, 0.1) is 16.6 Å². The first-order valence-corrected chi connectivity index (χ1v) is 8.26. The molecule has 0 spiro atoms. The summed E-state index contributed by atoms with van der Waals surface area (Å²) in [6.07, 6.45) is -1.33. The molecular weight excluding hydrogens is 355 g/mol. The van der Waals surface area contributed by atoms with Crippen LogP contribution in [-0.4, -0.2) is 34.3 Å². The number of nitrogens with zero attached hydrogens (tertiary/aromatic N) is 3. The zero-order chi connectivity index (χ0) is 19.6. The van der Waals surface area contributed by atoms with Gasteiger partial charge in [-0.15, -0.1) is 0 Å². The van der Waals surface area contributed by atoms with E-state index < -0.39 is 11.7 Å². The highest BCUT2D eigenvalue weighted by molar-refractivity contribution is 6.04. The number of fused-ring (bicyclic) bond motifs is 1. The Bertz CT molecular complexity index is 986. The minimum Gasteiger partial charge on any atom is -0.383 e. The average molecular weight is 373 g/mol. The maximum absolute atomic E-state index is 12.8. The molecule has 0 N–H and O–H groups in total. The van der Waals surface area contributed by atoms with E-state index in [1.54, 1.807) is 35.8 Å². The number of aromatic nitrogens is 2. The fourth-order valence-electron chi connectivity index (χ4n) is 2.70. The van der Waals surface area contributed by atoms with E-state index in [9.17, 15) is 18.0 Å². The highest BCUT2D eigenvalue weighted by Crippen LogP contribution is 2.29. The Labute approximate surface area is 154 Å². The quantitative estimate of drug-likeness (QED) is 0.493. The van der Waals surface area contributed by atoms with Gasteiger partial charge >= 0.3 is 6.18 Å². The number of halogens is 3. The Kier molecular flexibility index (Phi) is 5.03. The Morgan fingerprint density at radius 3 is 2.41 bits per heavy atom. The SMILES string of the molecule is CN(C)/C=C\C(=O)c1nc2ccccc2n1Cc1ccc(C(F)(F)F)cc1. The smallest absolute Gasteiger partial charge is 0.383 e. The van der Waals surface area contributed by atoms with Crippen LogP contribution in [0.4, 0.5) is 13.2 Å². The standard InChI is InChI=1S/C20H18F3N3O/c1-25(2)12-11-18(27)19-24-16-5-3-4-6-17(16)26(19)13-14-7-9-15(10-8-14)20(21,22)23/h3-12H,13H2,1-2H3/b12-11-. The van der Waals surface area contributed by atoms with Gasteiger partial charge in [0.25, 0.3) is 0 Å². The molecule has 1 heterocycles. The van der Waals surface area contributed by atoms with Crippen molar-refractivity contribution >= 4 is 16.8 Å². The third-order valence-corrected chi connectivity index (χ3v) is 4.02. The fourth-order valence-corrected chi connectivity index (χ4v) is 2.70. The number of allylic oxidation sites excluding steroid dienone is 1. The van der Waals surface area contributed by atoms with Gasteiger partial charge in [0.2, 0.25) is 5.78 Å². The van der Waals surface area contributed by atoms with Crippen LogP contribution >= 0.6 is 0 Å². The fraction of sp³-hybridized carbons (Fsp3) is 0.200. The lowest BCUT2D eigenvalue weighted by Crippen LogP contribution is -2.11. The number of alkyl halides is 3. The van der Waals surface area contributed by atoms with Gasteiger partial charge in [0.1, 0.15) is 0 Å². The Balaban J connectivity index is 1.99. The largest absolute Gasteiger partial charge is 0.416 e. The van der Waals surface area contributed by atoms with Crippen molar-refractivity contribution in [3.63, 3.8) is 0 Å². The molecule has 140 valence electrons. The van der Waals surface area contributed by atoms with E-state index in [1.807, 2.05) is 18.2 Å². The molecule has 3 aromatic rings. The summed E-state index contributed by atoms with van der Waals surface area (Å²) in [6, 6.07) is 12.2. The normalized spacial score (nSPS) is 12.0. The van der Waals surface area contributed by atoms with Crippen molar-refractivity contribution in [1.82, 2.24) is 14.5 Å². The molecule has 1 aromatic heterocycles. The summed E-state index contributed by atoms with van der Waals surface area (Å²) in [5.41, 5.74) is 1.36. The van der Waals surface area contributed by atoms with Crippen molar-refractivity contribution in [3.8, 4) is 0 Å². The maximum atomic E-state index is 12.8. The second-order valence-electron chi connectivity index (χ2n) is 6.35. The van der Waals surface area contributed by atoms with Crippen molar-refractivity contribution in [2.45, 2.75) is 12.7 Å². The topological polar surface area (TPSA) is 38.1 Å². The molecule has 0 atom stereocenters.